The molecule has 2 saturated heterocycles. The number of amides is 1. The Bertz CT molecular complexity index is 832. The molecular formula is C24H28N2O. The number of nitrogens with zero attached hydrogens (tertiary/aromatic N) is 2. The number of carbonyl (C=O) groups is 1. The van der Waals surface area contributed by atoms with Gasteiger partial charge in [-0.25, -0.2) is 0 Å². The highest BCUT2D eigenvalue weighted by Crippen LogP contribution is 2.30. The maximum atomic E-state index is 12.3. The molecule has 3 heteroatoms. The van der Waals surface area contributed by atoms with E-state index in [4.69, 9.17) is 0 Å². The van der Waals surface area contributed by atoms with Gasteiger partial charge in [0.1, 0.15) is 0 Å². The molecule has 3 aliphatic rings. The summed E-state index contributed by atoms with van der Waals surface area (Å²) in [4.78, 5) is 16.9. The number of aryl methyl sites for hydroxylation is 1. The third kappa shape index (κ3) is 3.29. The summed E-state index contributed by atoms with van der Waals surface area (Å²) in [5, 5.41) is 0. The lowest BCUT2D eigenvalue weighted by molar-refractivity contribution is 0.0652. The highest BCUT2D eigenvalue weighted by Gasteiger charge is 2.26. The molecule has 1 unspecified atom stereocenters. The minimum Gasteiger partial charge on any atom is -0.339 e. The van der Waals surface area contributed by atoms with Gasteiger partial charge in [0.2, 0.25) is 0 Å². The van der Waals surface area contributed by atoms with Crippen molar-refractivity contribution in [3.63, 3.8) is 0 Å². The van der Waals surface area contributed by atoms with Crippen molar-refractivity contribution in [1.82, 2.24) is 9.80 Å². The molecule has 1 atom stereocenters. The van der Waals surface area contributed by atoms with E-state index in [0.29, 0.717) is 0 Å². The standard InChI is InChI=1S/C24H28N2O/c27-24(26-14-3-15-26)19-6-4-18(5-7-19)20-8-9-22-17-23(11-10-21(22)16-20)25-12-1-2-13-25/h4-9,16,23H,1-3,10-15,17H2. The zero-order valence-electron chi connectivity index (χ0n) is 16.0. The third-order valence-corrected chi connectivity index (χ3v) is 6.67. The second-order valence-corrected chi connectivity index (χ2v) is 8.35. The minimum atomic E-state index is 0.172. The average molecular weight is 361 g/mol. The van der Waals surface area contributed by atoms with E-state index in [2.05, 4.69) is 35.2 Å². The summed E-state index contributed by atoms with van der Waals surface area (Å²) in [7, 11) is 0. The smallest absolute Gasteiger partial charge is 0.253 e. The quantitative estimate of drug-likeness (QED) is 0.821. The van der Waals surface area contributed by atoms with Gasteiger partial charge in [0.15, 0.2) is 0 Å². The molecule has 2 aliphatic heterocycles. The Morgan fingerprint density at radius 3 is 2.26 bits per heavy atom. The van der Waals surface area contributed by atoms with Gasteiger partial charge in [-0.05, 0) is 86.0 Å². The van der Waals surface area contributed by atoms with Gasteiger partial charge < -0.3 is 9.80 Å². The van der Waals surface area contributed by atoms with Gasteiger partial charge >= 0.3 is 0 Å². The van der Waals surface area contributed by atoms with Crippen LogP contribution in [-0.4, -0.2) is 47.9 Å². The molecule has 0 bridgehead atoms. The third-order valence-electron chi connectivity index (χ3n) is 6.67. The van der Waals surface area contributed by atoms with Crippen LogP contribution in [0.25, 0.3) is 11.1 Å². The molecule has 140 valence electrons. The fourth-order valence-electron chi connectivity index (χ4n) is 4.84. The van der Waals surface area contributed by atoms with Crippen LogP contribution in [0, 0.1) is 0 Å². The van der Waals surface area contributed by atoms with Crippen LogP contribution in [-0.2, 0) is 12.8 Å². The highest BCUT2D eigenvalue weighted by molar-refractivity contribution is 5.95. The maximum absolute atomic E-state index is 12.3. The molecule has 1 amide bonds. The van der Waals surface area contributed by atoms with Crippen molar-refractivity contribution in [2.75, 3.05) is 26.2 Å². The first-order valence-corrected chi connectivity index (χ1v) is 10.5. The van der Waals surface area contributed by atoms with Crippen LogP contribution >= 0.6 is 0 Å². The van der Waals surface area contributed by atoms with Crippen molar-refractivity contribution in [1.29, 1.82) is 0 Å². The van der Waals surface area contributed by atoms with Gasteiger partial charge in [0, 0.05) is 24.7 Å². The first-order valence-electron chi connectivity index (χ1n) is 10.5. The Morgan fingerprint density at radius 1 is 0.815 bits per heavy atom. The summed E-state index contributed by atoms with van der Waals surface area (Å²) >= 11 is 0. The number of benzene rings is 2. The molecule has 3 nitrogen and oxygen atoms in total. The monoisotopic (exact) mass is 360 g/mol. The summed E-state index contributed by atoms with van der Waals surface area (Å²) in [6, 6.07) is 15.9. The van der Waals surface area contributed by atoms with Gasteiger partial charge in [0.25, 0.3) is 5.91 Å². The number of hydrogen-bond donors (Lipinski definition) is 0. The molecule has 27 heavy (non-hydrogen) atoms. The zero-order valence-corrected chi connectivity index (χ0v) is 16.0. The molecule has 2 fully saturated rings. The van der Waals surface area contributed by atoms with E-state index < -0.39 is 0 Å². The summed E-state index contributed by atoms with van der Waals surface area (Å²) < 4.78 is 0. The lowest BCUT2D eigenvalue weighted by Gasteiger charge is -2.32. The van der Waals surface area contributed by atoms with Gasteiger partial charge in [-0.3, -0.25) is 4.79 Å². The van der Waals surface area contributed by atoms with E-state index in [1.165, 1.54) is 67.4 Å². The van der Waals surface area contributed by atoms with Crippen molar-refractivity contribution < 1.29 is 4.79 Å². The van der Waals surface area contributed by atoms with Crippen molar-refractivity contribution >= 4 is 5.91 Å². The molecule has 5 rings (SSSR count). The van der Waals surface area contributed by atoms with E-state index >= 15 is 0 Å². The lowest BCUT2D eigenvalue weighted by atomic mass is 9.85. The lowest BCUT2D eigenvalue weighted by Crippen LogP contribution is -2.41. The fourth-order valence-corrected chi connectivity index (χ4v) is 4.84. The van der Waals surface area contributed by atoms with Crippen LogP contribution in [0.4, 0.5) is 0 Å². The number of rotatable bonds is 3. The molecule has 0 N–H and O–H groups in total. The molecule has 1 aliphatic carbocycles. The summed E-state index contributed by atoms with van der Waals surface area (Å²) in [6.45, 7) is 4.40. The number of likely N-dealkylation sites (tertiary alicyclic amines) is 2. The average Bonchev–Trinajstić information content (AvgIpc) is 3.21. The highest BCUT2D eigenvalue weighted by atomic mass is 16.2. The first-order chi connectivity index (χ1) is 13.3. The van der Waals surface area contributed by atoms with Gasteiger partial charge in [-0.2, -0.15) is 0 Å². The van der Waals surface area contributed by atoms with E-state index in [1.807, 2.05) is 17.0 Å². The normalized spacial score (nSPS) is 22.4. The predicted octanol–water partition coefficient (Wildman–Crippen LogP) is 4.15. The molecule has 2 heterocycles. The van der Waals surface area contributed by atoms with Crippen LogP contribution in [0.1, 0.15) is 47.2 Å². The molecule has 0 spiro atoms. The van der Waals surface area contributed by atoms with Gasteiger partial charge in [-0.1, -0.05) is 30.3 Å². The second kappa shape index (κ2) is 7.12. The molecule has 0 saturated carbocycles. The molecular weight excluding hydrogens is 332 g/mol. The molecule has 2 aromatic rings. The first kappa shape index (κ1) is 17.0. The Kier molecular flexibility index (Phi) is 4.48. The summed E-state index contributed by atoms with van der Waals surface area (Å²) in [5.74, 6) is 0.172. The molecule has 0 aromatic heterocycles. The largest absolute Gasteiger partial charge is 0.339 e. The van der Waals surface area contributed by atoms with E-state index in [1.54, 1.807) is 0 Å². The summed E-state index contributed by atoms with van der Waals surface area (Å²) in [5.41, 5.74) is 6.34. The molecule has 2 aromatic carbocycles. The minimum absolute atomic E-state index is 0.172. The van der Waals surface area contributed by atoms with Crippen LogP contribution in [0.15, 0.2) is 42.5 Å². The van der Waals surface area contributed by atoms with Crippen LogP contribution in [0.5, 0.6) is 0 Å². The van der Waals surface area contributed by atoms with Gasteiger partial charge in [0.05, 0.1) is 0 Å². The Hall–Kier alpha value is -2.13. The van der Waals surface area contributed by atoms with Crippen LogP contribution in [0.3, 0.4) is 0 Å². The SMILES string of the molecule is O=C(c1ccc(-c2ccc3c(c2)CCC(N2CCCC2)C3)cc1)N1CCC1. The number of fused-ring (bicyclic) bond motifs is 1. The van der Waals surface area contributed by atoms with E-state index in [-0.39, 0.29) is 5.91 Å². The van der Waals surface area contributed by atoms with E-state index in [9.17, 15) is 4.79 Å². The summed E-state index contributed by atoms with van der Waals surface area (Å²) in [6.07, 6.45) is 7.57. The van der Waals surface area contributed by atoms with Crippen LogP contribution in [0.2, 0.25) is 0 Å². The Labute approximate surface area is 162 Å². The predicted molar refractivity (Wildman–Crippen MR) is 109 cm³/mol. The number of hydrogen-bond acceptors (Lipinski definition) is 2. The van der Waals surface area contributed by atoms with Gasteiger partial charge in [-0.15, -0.1) is 0 Å². The Balaban J connectivity index is 1.32. The zero-order chi connectivity index (χ0) is 18.2. The van der Waals surface area contributed by atoms with Crippen molar-refractivity contribution in [2.45, 2.75) is 44.6 Å². The van der Waals surface area contributed by atoms with Crippen molar-refractivity contribution in [3.05, 3.63) is 59.2 Å². The molecule has 0 radical (unpaired) electrons. The fraction of sp³-hybridized carbons (Fsp3) is 0.458. The van der Waals surface area contributed by atoms with Crippen molar-refractivity contribution in [2.24, 2.45) is 0 Å². The Morgan fingerprint density at radius 2 is 1.56 bits per heavy atom. The number of carbonyl (C=O) groups excluding carboxylic acids is 1. The van der Waals surface area contributed by atoms with E-state index in [0.717, 1.165) is 31.1 Å². The van der Waals surface area contributed by atoms with Crippen LogP contribution < -0.4 is 0 Å². The maximum Gasteiger partial charge on any atom is 0.253 e. The second-order valence-electron chi connectivity index (χ2n) is 8.35. The van der Waals surface area contributed by atoms with Crippen molar-refractivity contribution in [3.8, 4) is 11.1 Å². The topological polar surface area (TPSA) is 23.6 Å².